The molecule has 0 radical (unpaired) electrons. The molecule has 20 heavy (non-hydrogen) atoms. The molecule has 0 aliphatic heterocycles. The van der Waals surface area contributed by atoms with Crippen LogP contribution in [0, 0.1) is 11.6 Å². The van der Waals surface area contributed by atoms with Crippen LogP contribution in [0.2, 0.25) is 9.36 Å². The Labute approximate surface area is 130 Å². The molecule has 0 fully saturated rings. The Hall–Kier alpha value is -0.680. The third-order valence-electron chi connectivity index (χ3n) is 2.90. The van der Waals surface area contributed by atoms with Crippen molar-refractivity contribution in [2.75, 3.05) is 6.54 Å². The van der Waals surface area contributed by atoms with Crippen LogP contribution in [0.4, 0.5) is 8.78 Å². The number of likely N-dealkylation sites (N-methyl/N-ethyl adjacent to an activating group) is 1. The van der Waals surface area contributed by atoms with E-state index in [0.717, 1.165) is 17.0 Å². The van der Waals surface area contributed by atoms with Crippen LogP contribution in [-0.4, -0.2) is 6.54 Å². The second-order valence-electron chi connectivity index (χ2n) is 4.31. The molecule has 0 saturated carbocycles. The predicted molar refractivity (Wildman–Crippen MR) is 80.8 cm³/mol. The average Bonchev–Trinajstić information content (AvgIpc) is 2.79. The summed E-state index contributed by atoms with van der Waals surface area (Å²) in [4.78, 5) is 1.01. The molecule has 108 valence electrons. The highest BCUT2D eigenvalue weighted by Crippen LogP contribution is 2.29. The first-order valence-corrected chi connectivity index (χ1v) is 7.70. The molecule has 1 heterocycles. The van der Waals surface area contributed by atoms with Gasteiger partial charge in [0.25, 0.3) is 0 Å². The van der Waals surface area contributed by atoms with Gasteiger partial charge in [-0.3, -0.25) is 0 Å². The number of benzene rings is 1. The second-order valence-corrected chi connectivity index (χ2v) is 6.51. The SMILES string of the molecule is CCNC(Cc1ccc(Cl)s1)c1cc(F)c(Cl)cc1F. The molecule has 0 aliphatic rings. The van der Waals surface area contributed by atoms with Crippen LogP contribution < -0.4 is 5.32 Å². The molecule has 2 rings (SSSR count). The van der Waals surface area contributed by atoms with Gasteiger partial charge < -0.3 is 5.32 Å². The van der Waals surface area contributed by atoms with Gasteiger partial charge in [0.15, 0.2) is 0 Å². The highest BCUT2D eigenvalue weighted by Gasteiger charge is 2.19. The maximum Gasteiger partial charge on any atom is 0.142 e. The Bertz CT molecular complexity index is 601. The maximum atomic E-state index is 14.0. The normalized spacial score (nSPS) is 12.7. The van der Waals surface area contributed by atoms with Crippen molar-refractivity contribution in [2.45, 2.75) is 19.4 Å². The molecule has 1 nitrogen and oxygen atoms in total. The molecule has 1 aromatic carbocycles. The molecular weight excluding hydrogens is 323 g/mol. The molecular formula is C14H13Cl2F2NS. The van der Waals surface area contributed by atoms with Crippen molar-refractivity contribution in [1.82, 2.24) is 5.32 Å². The third-order valence-corrected chi connectivity index (χ3v) is 4.44. The Morgan fingerprint density at radius 2 is 1.95 bits per heavy atom. The summed E-state index contributed by atoms with van der Waals surface area (Å²) >= 11 is 12.9. The molecule has 1 N–H and O–H groups in total. The number of hydrogen-bond acceptors (Lipinski definition) is 2. The Kier molecular flexibility index (Phi) is 5.38. The highest BCUT2D eigenvalue weighted by atomic mass is 35.5. The Morgan fingerprint density at radius 1 is 1.20 bits per heavy atom. The van der Waals surface area contributed by atoms with E-state index in [2.05, 4.69) is 5.32 Å². The topological polar surface area (TPSA) is 12.0 Å². The second kappa shape index (κ2) is 6.85. The molecule has 6 heteroatoms. The third kappa shape index (κ3) is 3.70. The van der Waals surface area contributed by atoms with E-state index in [1.807, 2.05) is 13.0 Å². The van der Waals surface area contributed by atoms with Crippen LogP contribution in [0.5, 0.6) is 0 Å². The van der Waals surface area contributed by atoms with Crippen molar-refractivity contribution in [1.29, 1.82) is 0 Å². The number of hydrogen-bond donors (Lipinski definition) is 1. The summed E-state index contributed by atoms with van der Waals surface area (Å²) in [6.45, 7) is 2.56. The van der Waals surface area contributed by atoms with Crippen molar-refractivity contribution in [3.05, 3.63) is 55.7 Å². The fraction of sp³-hybridized carbons (Fsp3) is 0.286. The van der Waals surface area contributed by atoms with Crippen LogP contribution in [0.15, 0.2) is 24.3 Å². The Morgan fingerprint density at radius 3 is 2.55 bits per heavy atom. The van der Waals surface area contributed by atoms with E-state index in [1.54, 1.807) is 6.07 Å². The minimum atomic E-state index is -0.616. The summed E-state index contributed by atoms with van der Waals surface area (Å²) in [7, 11) is 0. The van der Waals surface area contributed by atoms with Gasteiger partial charge in [-0.25, -0.2) is 8.78 Å². The van der Waals surface area contributed by atoms with Gasteiger partial charge in [-0.2, -0.15) is 0 Å². The van der Waals surface area contributed by atoms with E-state index >= 15 is 0 Å². The average molecular weight is 336 g/mol. The van der Waals surface area contributed by atoms with Gasteiger partial charge in [0.2, 0.25) is 0 Å². The Balaban J connectivity index is 2.30. The molecule has 1 unspecified atom stereocenters. The fourth-order valence-electron chi connectivity index (χ4n) is 2.01. The van der Waals surface area contributed by atoms with Crippen molar-refractivity contribution in [3.63, 3.8) is 0 Å². The van der Waals surface area contributed by atoms with E-state index < -0.39 is 11.6 Å². The van der Waals surface area contributed by atoms with Gasteiger partial charge in [-0.05, 0) is 30.8 Å². The standard InChI is InChI=1S/C14H13Cl2F2NS/c1-2-19-13(5-8-3-4-14(16)20-8)9-6-12(18)10(15)7-11(9)17/h3-4,6-7,13,19H,2,5H2,1H3. The van der Waals surface area contributed by atoms with E-state index in [9.17, 15) is 8.78 Å². The first kappa shape index (κ1) is 15.7. The van der Waals surface area contributed by atoms with Gasteiger partial charge in [-0.1, -0.05) is 30.1 Å². The van der Waals surface area contributed by atoms with Gasteiger partial charge >= 0.3 is 0 Å². The first-order valence-electron chi connectivity index (χ1n) is 6.13. The van der Waals surface area contributed by atoms with Gasteiger partial charge in [-0.15, -0.1) is 11.3 Å². The number of halogens is 4. The fourth-order valence-corrected chi connectivity index (χ4v) is 3.29. The first-order chi connectivity index (χ1) is 9.51. The number of rotatable bonds is 5. The zero-order valence-electron chi connectivity index (χ0n) is 10.7. The predicted octanol–water partition coefficient (Wildman–Crippen LogP) is 5.23. The quantitative estimate of drug-likeness (QED) is 0.738. The lowest BCUT2D eigenvalue weighted by Gasteiger charge is -2.18. The van der Waals surface area contributed by atoms with Crippen LogP contribution in [-0.2, 0) is 6.42 Å². The molecule has 1 atom stereocenters. The van der Waals surface area contributed by atoms with E-state index in [-0.39, 0.29) is 16.6 Å². The maximum absolute atomic E-state index is 14.0. The summed E-state index contributed by atoms with van der Waals surface area (Å²) in [5.74, 6) is -1.12. The lowest BCUT2D eigenvalue weighted by molar-refractivity contribution is 0.504. The smallest absolute Gasteiger partial charge is 0.142 e. The lowest BCUT2D eigenvalue weighted by Crippen LogP contribution is -2.23. The monoisotopic (exact) mass is 335 g/mol. The van der Waals surface area contributed by atoms with Crippen LogP contribution in [0.3, 0.4) is 0 Å². The largest absolute Gasteiger partial charge is 0.310 e. The summed E-state index contributed by atoms with van der Waals surface area (Å²) < 4.78 is 28.2. The number of nitrogens with one attached hydrogen (secondary N) is 1. The minimum absolute atomic E-state index is 0.208. The number of thiophene rings is 1. The summed E-state index contributed by atoms with van der Waals surface area (Å²) in [5.41, 5.74) is 0.276. The highest BCUT2D eigenvalue weighted by molar-refractivity contribution is 7.16. The van der Waals surface area contributed by atoms with Gasteiger partial charge in [0.1, 0.15) is 11.6 Å². The summed E-state index contributed by atoms with van der Waals surface area (Å²) in [5, 5.41) is 2.95. The van der Waals surface area contributed by atoms with Crippen molar-refractivity contribution in [3.8, 4) is 0 Å². The van der Waals surface area contributed by atoms with Gasteiger partial charge in [0, 0.05) is 22.9 Å². The van der Waals surface area contributed by atoms with Crippen LogP contribution in [0.25, 0.3) is 0 Å². The van der Waals surface area contributed by atoms with E-state index in [1.165, 1.54) is 11.3 Å². The van der Waals surface area contributed by atoms with Crippen molar-refractivity contribution >= 4 is 34.5 Å². The molecule has 0 bridgehead atoms. The van der Waals surface area contributed by atoms with Crippen LogP contribution >= 0.6 is 34.5 Å². The van der Waals surface area contributed by atoms with E-state index in [4.69, 9.17) is 23.2 Å². The molecule has 0 saturated heterocycles. The van der Waals surface area contributed by atoms with Crippen LogP contribution in [0.1, 0.15) is 23.4 Å². The molecule has 0 spiro atoms. The molecule has 0 amide bonds. The molecule has 2 aromatic rings. The summed E-state index contributed by atoms with van der Waals surface area (Å²) in [6.07, 6.45) is 0.545. The minimum Gasteiger partial charge on any atom is -0.310 e. The summed E-state index contributed by atoms with van der Waals surface area (Å²) in [6, 6.07) is 5.53. The van der Waals surface area contributed by atoms with Crippen molar-refractivity contribution < 1.29 is 8.78 Å². The zero-order chi connectivity index (χ0) is 14.7. The zero-order valence-corrected chi connectivity index (χ0v) is 13.0. The van der Waals surface area contributed by atoms with E-state index in [0.29, 0.717) is 17.3 Å². The van der Waals surface area contributed by atoms with Crippen molar-refractivity contribution in [2.24, 2.45) is 0 Å². The lowest BCUT2D eigenvalue weighted by atomic mass is 10.0. The van der Waals surface area contributed by atoms with Gasteiger partial charge in [0.05, 0.1) is 9.36 Å². The molecule has 0 aliphatic carbocycles. The molecule has 1 aromatic heterocycles.